The zero-order valence-corrected chi connectivity index (χ0v) is 19.4. The van der Waals surface area contributed by atoms with Crippen LogP contribution in [0, 0.1) is 0 Å². The molecule has 0 saturated heterocycles. The van der Waals surface area contributed by atoms with E-state index in [4.69, 9.17) is 21.4 Å². The molecular formula is C25H29ClN4O2. The molecule has 3 aromatic rings. The predicted octanol–water partition coefficient (Wildman–Crippen LogP) is 6.34. The number of nitrogens with zero attached hydrogens (tertiary/aromatic N) is 2. The number of carbonyl (C=O) groups is 1. The van der Waals surface area contributed by atoms with E-state index < -0.39 is 5.60 Å². The Labute approximate surface area is 193 Å². The lowest BCUT2D eigenvalue weighted by molar-refractivity contribution is 0.0491. The van der Waals surface area contributed by atoms with Gasteiger partial charge in [0.05, 0.1) is 0 Å². The molecule has 1 aliphatic carbocycles. The van der Waals surface area contributed by atoms with Crippen molar-refractivity contribution in [1.29, 1.82) is 0 Å². The third-order valence-electron chi connectivity index (χ3n) is 5.74. The van der Waals surface area contributed by atoms with E-state index >= 15 is 0 Å². The fourth-order valence-corrected chi connectivity index (χ4v) is 4.40. The smallest absolute Gasteiger partial charge is 0.407 e. The van der Waals surface area contributed by atoms with Crippen molar-refractivity contribution in [3.8, 4) is 22.4 Å². The molecule has 1 aliphatic rings. The van der Waals surface area contributed by atoms with E-state index in [1.54, 1.807) is 12.4 Å². The summed E-state index contributed by atoms with van der Waals surface area (Å²) < 4.78 is 5.41. The summed E-state index contributed by atoms with van der Waals surface area (Å²) in [5, 5.41) is 11.7. The number of hydrogen-bond donors (Lipinski definition) is 2. The molecule has 2 heterocycles. The summed E-state index contributed by atoms with van der Waals surface area (Å²) in [6.07, 6.45) is 6.98. The molecule has 0 spiro atoms. The molecule has 168 valence electrons. The average molecular weight is 453 g/mol. The second-order valence-corrected chi connectivity index (χ2v) is 9.73. The van der Waals surface area contributed by atoms with Crippen LogP contribution in [0.15, 0.2) is 48.8 Å². The van der Waals surface area contributed by atoms with Crippen LogP contribution in [-0.4, -0.2) is 32.9 Å². The van der Waals surface area contributed by atoms with E-state index in [0.717, 1.165) is 53.8 Å². The molecule has 32 heavy (non-hydrogen) atoms. The van der Waals surface area contributed by atoms with Crippen LogP contribution in [0.1, 0.15) is 58.1 Å². The summed E-state index contributed by atoms with van der Waals surface area (Å²) in [7, 11) is 0. The molecule has 6 nitrogen and oxygen atoms in total. The van der Waals surface area contributed by atoms with Crippen LogP contribution in [0.25, 0.3) is 22.4 Å². The van der Waals surface area contributed by atoms with E-state index in [2.05, 4.69) is 15.4 Å². The van der Waals surface area contributed by atoms with Gasteiger partial charge in [-0.15, -0.1) is 0 Å². The molecule has 0 radical (unpaired) electrons. The number of ether oxygens (including phenoxy) is 1. The van der Waals surface area contributed by atoms with Crippen LogP contribution in [0.3, 0.4) is 0 Å². The van der Waals surface area contributed by atoms with Gasteiger partial charge in [-0.25, -0.2) is 4.79 Å². The van der Waals surface area contributed by atoms with Crippen LogP contribution < -0.4 is 5.32 Å². The second kappa shape index (κ2) is 9.33. The minimum absolute atomic E-state index is 0.129. The largest absolute Gasteiger partial charge is 0.444 e. The number of aromatic nitrogens is 3. The third kappa shape index (κ3) is 5.30. The van der Waals surface area contributed by atoms with Crippen molar-refractivity contribution in [3.63, 3.8) is 0 Å². The van der Waals surface area contributed by atoms with E-state index in [-0.39, 0.29) is 12.1 Å². The summed E-state index contributed by atoms with van der Waals surface area (Å²) in [5.74, 6) is 0.336. The molecule has 1 aromatic carbocycles. The first-order valence-corrected chi connectivity index (χ1v) is 11.4. The first-order chi connectivity index (χ1) is 15.3. The molecule has 2 N–H and O–H groups in total. The molecule has 1 amide bonds. The summed E-state index contributed by atoms with van der Waals surface area (Å²) in [4.78, 5) is 16.3. The highest BCUT2D eigenvalue weighted by molar-refractivity contribution is 6.30. The van der Waals surface area contributed by atoms with Crippen LogP contribution in [0.5, 0.6) is 0 Å². The normalized spacial score (nSPS) is 18.9. The molecule has 1 saturated carbocycles. The molecule has 0 bridgehead atoms. The lowest BCUT2D eigenvalue weighted by Gasteiger charge is -2.30. The number of benzene rings is 1. The van der Waals surface area contributed by atoms with E-state index in [9.17, 15) is 4.79 Å². The highest BCUT2D eigenvalue weighted by atomic mass is 35.5. The Morgan fingerprint density at radius 1 is 1.03 bits per heavy atom. The van der Waals surface area contributed by atoms with Crippen LogP contribution in [0.2, 0.25) is 5.02 Å². The molecule has 0 aliphatic heterocycles. The van der Waals surface area contributed by atoms with Gasteiger partial charge in [0.25, 0.3) is 0 Å². The minimum atomic E-state index is -0.491. The Bertz CT molecular complexity index is 1050. The number of halogens is 1. The van der Waals surface area contributed by atoms with Gasteiger partial charge in [0, 0.05) is 46.2 Å². The van der Waals surface area contributed by atoms with Crippen LogP contribution in [0.4, 0.5) is 4.79 Å². The van der Waals surface area contributed by atoms with Gasteiger partial charge in [-0.1, -0.05) is 23.7 Å². The second-order valence-electron chi connectivity index (χ2n) is 9.30. The van der Waals surface area contributed by atoms with Crippen molar-refractivity contribution in [2.45, 2.75) is 64.0 Å². The minimum Gasteiger partial charge on any atom is -0.444 e. The summed E-state index contributed by atoms with van der Waals surface area (Å²) in [6.45, 7) is 5.63. The number of rotatable bonds is 4. The number of aromatic amines is 1. The monoisotopic (exact) mass is 452 g/mol. The van der Waals surface area contributed by atoms with Gasteiger partial charge in [-0.3, -0.25) is 10.1 Å². The van der Waals surface area contributed by atoms with Crippen molar-refractivity contribution in [2.75, 3.05) is 0 Å². The van der Waals surface area contributed by atoms with E-state index in [1.807, 2.05) is 57.2 Å². The number of nitrogens with one attached hydrogen (secondary N) is 2. The lowest BCUT2D eigenvalue weighted by atomic mass is 9.81. The van der Waals surface area contributed by atoms with Gasteiger partial charge in [-0.05, 0) is 76.3 Å². The number of carbonyl (C=O) groups excluding carboxylic acids is 1. The Balaban J connectivity index is 1.54. The zero-order valence-electron chi connectivity index (χ0n) is 18.7. The van der Waals surface area contributed by atoms with Crippen LogP contribution in [-0.2, 0) is 4.74 Å². The molecule has 7 heteroatoms. The van der Waals surface area contributed by atoms with Gasteiger partial charge in [0.1, 0.15) is 11.3 Å². The first-order valence-electron chi connectivity index (χ1n) is 11.0. The fraction of sp³-hybridized carbons (Fsp3) is 0.400. The van der Waals surface area contributed by atoms with Crippen LogP contribution >= 0.6 is 11.6 Å². The van der Waals surface area contributed by atoms with Gasteiger partial charge >= 0.3 is 6.09 Å². The van der Waals surface area contributed by atoms with Gasteiger partial charge in [-0.2, -0.15) is 5.10 Å². The van der Waals surface area contributed by atoms with Crippen molar-refractivity contribution in [1.82, 2.24) is 20.5 Å². The standard InChI is InChI=1S/C25H29ClN4O2/c1-25(2,3)32-24(31)28-20-10-6-18(7-11-20)23-21(16-12-14-27-15-13-16)22(29-30-23)17-4-8-19(26)9-5-17/h4-5,8-9,12-15,18,20H,6-7,10-11H2,1-3H3,(H,28,31)(H,29,30)/t18-,20-. The maximum Gasteiger partial charge on any atom is 0.407 e. The van der Waals surface area contributed by atoms with Crippen molar-refractivity contribution in [3.05, 3.63) is 59.5 Å². The molecule has 4 rings (SSSR count). The topological polar surface area (TPSA) is 79.9 Å². The first kappa shape index (κ1) is 22.3. The quantitative estimate of drug-likeness (QED) is 0.483. The van der Waals surface area contributed by atoms with Crippen molar-refractivity contribution >= 4 is 17.7 Å². The molecule has 2 aromatic heterocycles. The van der Waals surface area contributed by atoms with Gasteiger partial charge in [0.2, 0.25) is 0 Å². The maximum atomic E-state index is 12.1. The molecule has 1 fully saturated rings. The number of amides is 1. The average Bonchev–Trinajstić information content (AvgIpc) is 3.19. The van der Waals surface area contributed by atoms with Gasteiger partial charge < -0.3 is 10.1 Å². The summed E-state index contributed by atoms with van der Waals surface area (Å²) in [6, 6.07) is 11.9. The van der Waals surface area contributed by atoms with E-state index in [1.165, 1.54) is 0 Å². The maximum absolute atomic E-state index is 12.1. The Hall–Kier alpha value is -2.86. The Kier molecular flexibility index (Phi) is 6.51. The van der Waals surface area contributed by atoms with Gasteiger partial charge in [0.15, 0.2) is 0 Å². The number of H-pyrrole nitrogens is 1. The highest BCUT2D eigenvalue weighted by Gasteiger charge is 2.29. The number of pyridine rings is 1. The fourth-order valence-electron chi connectivity index (χ4n) is 4.28. The lowest BCUT2D eigenvalue weighted by Crippen LogP contribution is -2.40. The SMILES string of the molecule is CC(C)(C)OC(=O)N[C@H]1CC[C@H](c2[nH]nc(-c3ccc(Cl)cc3)c2-c2ccncc2)CC1. The predicted molar refractivity (Wildman–Crippen MR) is 127 cm³/mol. The summed E-state index contributed by atoms with van der Waals surface area (Å²) in [5.41, 5.74) is 4.77. The van der Waals surface area contributed by atoms with Crippen molar-refractivity contribution in [2.24, 2.45) is 0 Å². The number of alkyl carbamates (subject to hydrolysis) is 1. The third-order valence-corrected chi connectivity index (χ3v) is 5.99. The molecule has 0 unspecified atom stereocenters. The Morgan fingerprint density at radius 2 is 1.69 bits per heavy atom. The van der Waals surface area contributed by atoms with E-state index in [0.29, 0.717) is 10.9 Å². The Morgan fingerprint density at radius 3 is 2.31 bits per heavy atom. The summed E-state index contributed by atoms with van der Waals surface area (Å²) >= 11 is 6.09. The molecule has 0 atom stereocenters. The van der Waals surface area contributed by atoms with Crippen molar-refractivity contribution < 1.29 is 9.53 Å². The molecular weight excluding hydrogens is 424 g/mol. The number of hydrogen-bond acceptors (Lipinski definition) is 4. The zero-order chi connectivity index (χ0) is 22.7. The highest BCUT2D eigenvalue weighted by Crippen LogP contribution is 2.41.